The van der Waals surface area contributed by atoms with Gasteiger partial charge in [-0.25, -0.2) is 4.98 Å². The van der Waals surface area contributed by atoms with Gasteiger partial charge in [-0.3, -0.25) is 14.2 Å². The van der Waals surface area contributed by atoms with Gasteiger partial charge in [0.2, 0.25) is 0 Å². The van der Waals surface area contributed by atoms with Gasteiger partial charge in [0.25, 0.3) is 11.5 Å². The van der Waals surface area contributed by atoms with Crippen molar-refractivity contribution in [1.82, 2.24) is 19.8 Å². The molecule has 32 heavy (non-hydrogen) atoms. The van der Waals surface area contributed by atoms with Crippen LogP contribution in [0.3, 0.4) is 0 Å². The minimum Gasteiger partial charge on any atom is -0.490 e. The highest BCUT2D eigenvalue weighted by Crippen LogP contribution is 2.36. The number of carbonyl (C=O) groups is 1. The van der Waals surface area contributed by atoms with Gasteiger partial charge < -0.3 is 15.0 Å². The van der Waals surface area contributed by atoms with Crippen molar-refractivity contribution < 1.29 is 9.53 Å². The standard InChI is InChI=1S/C24H26N4O3S/c1-27-16-4-5-17(27)11-19(10-16)31-18-8-6-15(7-9-18)28-13-25-20-12-21(32-22(20)24(28)30)23(29)26-14-2-3-14/h6-9,12-14,16-17,19H,2-5,10-11H2,1H3,(H,26,29)/t16-,17+,19+. The molecule has 2 bridgehead atoms. The zero-order chi connectivity index (χ0) is 21.8. The molecule has 0 unspecified atom stereocenters. The first-order valence-electron chi connectivity index (χ1n) is 11.4. The Balaban J connectivity index is 1.20. The fourth-order valence-corrected chi connectivity index (χ4v) is 5.97. The van der Waals surface area contributed by atoms with Crippen LogP contribution in [0.5, 0.6) is 5.75 Å². The molecule has 2 saturated heterocycles. The molecule has 1 aliphatic carbocycles. The quantitative estimate of drug-likeness (QED) is 0.645. The number of hydrogen-bond donors (Lipinski definition) is 1. The Morgan fingerprint density at radius 1 is 1.12 bits per heavy atom. The monoisotopic (exact) mass is 450 g/mol. The highest BCUT2D eigenvalue weighted by Gasteiger charge is 2.39. The number of nitrogens with one attached hydrogen (secondary N) is 1. The largest absolute Gasteiger partial charge is 0.490 e. The fraction of sp³-hybridized carbons (Fsp3) is 0.458. The van der Waals surface area contributed by atoms with Crippen LogP contribution < -0.4 is 15.6 Å². The molecule has 1 saturated carbocycles. The number of rotatable bonds is 5. The summed E-state index contributed by atoms with van der Waals surface area (Å²) >= 11 is 1.21. The van der Waals surface area contributed by atoms with Crippen LogP contribution >= 0.6 is 11.3 Å². The van der Waals surface area contributed by atoms with E-state index in [1.807, 2.05) is 24.3 Å². The molecule has 0 radical (unpaired) electrons. The summed E-state index contributed by atoms with van der Waals surface area (Å²) in [5.74, 6) is 0.713. The van der Waals surface area contributed by atoms with E-state index in [1.165, 1.54) is 35.1 Å². The van der Waals surface area contributed by atoms with Crippen LogP contribution in [0.1, 0.15) is 48.2 Å². The number of nitrogens with zero attached hydrogens (tertiary/aromatic N) is 3. The summed E-state index contributed by atoms with van der Waals surface area (Å²) in [5, 5.41) is 2.97. The van der Waals surface area contributed by atoms with Gasteiger partial charge in [-0.2, -0.15) is 0 Å². The highest BCUT2D eigenvalue weighted by molar-refractivity contribution is 7.20. The second kappa shape index (κ2) is 7.71. The van der Waals surface area contributed by atoms with E-state index >= 15 is 0 Å². The summed E-state index contributed by atoms with van der Waals surface area (Å²) in [6, 6.07) is 10.9. The molecule has 3 aliphatic rings. The molecule has 3 fully saturated rings. The first kappa shape index (κ1) is 19.9. The van der Waals surface area contributed by atoms with Gasteiger partial charge in [-0.1, -0.05) is 0 Å². The van der Waals surface area contributed by atoms with Crippen molar-refractivity contribution in [2.45, 2.75) is 62.8 Å². The van der Waals surface area contributed by atoms with Gasteiger partial charge in [0.15, 0.2) is 0 Å². The Labute approximate surface area is 190 Å². The minimum absolute atomic E-state index is 0.120. The van der Waals surface area contributed by atoms with Gasteiger partial charge >= 0.3 is 0 Å². The molecule has 4 heterocycles. The third-order valence-corrected chi connectivity index (χ3v) is 8.16. The summed E-state index contributed by atoms with van der Waals surface area (Å²) in [6.45, 7) is 0. The van der Waals surface area contributed by atoms with E-state index in [-0.39, 0.29) is 23.6 Å². The number of hydrogen-bond acceptors (Lipinski definition) is 6. The lowest BCUT2D eigenvalue weighted by Gasteiger charge is -2.36. The molecule has 6 rings (SSSR count). The molecule has 8 heteroatoms. The second-order valence-corrected chi connectivity index (χ2v) is 10.3. The van der Waals surface area contributed by atoms with Gasteiger partial charge in [-0.05, 0) is 75.9 Å². The van der Waals surface area contributed by atoms with Crippen molar-refractivity contribution in [2.24, 2.45) is 0 Å². The number of fused-ring (bicyclic) bond motifs is 3. The predicted octanol–water partition coefficient (Wildman–Crippen LogP) is 3.34. The summed E-state index contributed by atoms with van der Waals surface area (Å²) in [4.78, 5) is 32.9. The van der Waals surface area contributed by atoms with Crippen molar-refractivity contribution >= 4 is 27.5 Å². The Morgan fingerprint density at radius 3 is 2.53 bits per heavy atom. The number of amides is 1. The first-order chi connectivity index (χ1) is 15.5. The zero-order valence-electron chi connectivity index (χ0n) is 18.0. The van der Waals surface area contributed by atoms with Crippen molar-refractivity contribution in [1.29, 1.82) is 0 Å². The van der Waals surface area contributed by atoms with E-state index in [0.717, 1.165) is 37.1 Å². The lowest BCUT2D eigenvalue weighted by Crippen LogP contribution is -2.43. The Bertz CT molecular complexity index is 1220. The Hall–Kier alpha value is -2.71. The number of aromatic nitrogens is 2. The van der Waals surface area contributed by atoms with E-state index < -0.39 is 0 Å². The van der Waals surface area contributed by atoms with Gasteiger partial charge in [-0.15, -0.1) is 11.3 Å². The molecule has 2 aromatic heterocycles. The number of piperidine rings is 1. The average Bonchev–Trinajstić information content (AvgIpc) is 3.45. The molecule has 2 aliphatic heterocycles. The summed E-state index contributed by atoms with van der Waals surface area (Å²) in [7, 11) is 2.23. The van der Waals surface area contributed by atoms with Crippen molar-refractivity contribution in [3.05, 3.63) is 51.9 Å². The van der Waals surface area contributed by atoms with Crippen LogP contribution in [-0.2, 0) is 0 Å². The number of carbonyl (C=O) groups excluding carboxylic acids is 1. The smallest absolute Gasteiger partial charge is 0.275 e. The zero-order valence-corrected chi connectivity index (χ0v) is 18.8. The molecule has 1 aromatic carbocycles. The van der Waals surface area contributed by atoms with E-state index in [1.54, 1.807) is 6.07 Å². The van der Waals surface area contributed by atoms with Crippen molar-refractivity contribution in [3.8, 4) is 11.4 Å². The Morgan fingerprint density at radius 2 is 1.84 bits per heavy atom. The fourth-order valence-electron chi connectivity index (χ4n) is 5.03. The SMILES string of the molecule is CN1[C@@H]2CC[C@H]1C[C@@H](Oc1ccc(-n3cnc4cc(C(=O)NC5CC5)sc4c3=O)cc1)C2. The molecule has 1 N–H and O–H groups in total. The number of ether oxygens (including phenoxy) is 1. The van der Waals surface area contributed by atoms with E-state index in [0.29, 0.717) is 27.2 Å². The molecule has 166 valence electrons. The maximum Gasteiger partial charge on any atom is 0.275 e. The third-order valence-electron chi connectivity index (χ3n) is 7.05. The minimum atomic E-state index is -0.161. The number of thiophene rings is 1. The van der Waals surface area contributed by atoms with Crippen molar-refractivity contribution in [2.75, 3.05) is 7.05 Å². The molecule has 3 aromatic rings. The van der Waals surface area contributed by atoms with E-state index in [2.05, 4.69) is 22.2 Å². The Kier molecular flexibility index (Phi) is 4.80. The summed E-state index contributed by atoms with van der Waals surface area (Å²) in [5.41, 5.74) is 1.14. The van der Waals surface area contributed by atoms with Gasteiger partial charge in [0.05, 0.1) is 16.1 Å². The van der Waals surface area contributed by atoms with Crippen LogP contribution in [-0.4, -0.2) is 51.6 Å². The van der Waals surface area contributed by atoms with Crippen LogP contribution in [0.25, 0.3) is 15.9 Å². The topological polar surface area (TPSA) is 76.5 Å². The van der Waals surface area contributed by atoms with Crippen LogP contribution in [0.4, 0.5) is 0 Å². The van der Waals surface area contributed by atoms with Gasteiger partial charge in [0.1, 0.15) is 22.9 Å². The normalized spacial score (nSPS) is 25.2. The van der Waals surface area contributed by atoms with Crippen molar-refractivity contribution in [3.63, 3.8) is 0 Å². The molecule has 3 atom stereocenters. The third kappa shape index (κ3) is 3.61. The summed E-state index contributed by atoms with van der Waals surface area (Å²) < 4.78 is 8.29. The molecule has 0 spiro atoms. The van der Waals surface area contributed by atoms with Gasteiger partial charge in [0, 0.05) is 18.1 Å². The summed E-state index contributed by atoms with van der Waals surface area (Å²) in [6.07, 6.45) is 8.52. The highest BCUT2D eigenvalue weighted by atomic mass is 32.1. The molecule has 1 amide bonds. The average molecular weight is 451 g/mol. The lowest BCUT2D eigenvalue weighted by atomic mass is 10.0. The van der Waals surface area contributed by atoms with Crippen LogP contribution in [0.2, 0.25) is 0 Å². The molecule has 7 nitrogen and oxygen atoms in total. The number of benzene rings is 1. The maximum absolute atomic E-state index is 13.1. The van der Waals surface area contributed by atoms with E-state index in [9.17, 15) is 9.59 Å². The van der Waals surface area contributed by atoms with Crippen LogP contribution in [0.15, 0.2) is 41.5 Å². The maximum atomic E-state index is 13.1. The first-order valence-corrected chi connectivity index (χ1v) is 12.2. The lowest BCUT2D eigenvalue weighted by molar-refractivity contribution is 0.0661. The second-order valence-electron chi connectivity index (χ2n) is 9.25. The van der Waals surface area contributed by atoms with E-state index in [4.69, 9.17) is 4.74 Å². The molecular weight excluding hydrogens is 424 g/mol. The predicted molar refractivity (Wildman–Crippen MR) is 124 cm³/mol. The van der Waals surface area contributed by atoms with Crippen LogP contribution in [0, 0.1) is 0 Å². The molecular formula is C24H26N4O3S.